The minimum atomic E-state index is -0.651. The van der Waals surface area contributed by atoms with Crippen LogP contribution in [0.3, 0.4) is 0 Å². The highest BCUT2D eigenvalue weighted by Gasteiger charge is 2.36. The predicted molar refractivity (Wildman–Crippen MR) is 49.4 cm³/mol. The van der Waals surface area contributed by atoms with Crippen LogP contribution >= 0.6 is 0 Å². The lowest BCUT2D eigenvalue weighted by atomic mass is 9.94. The average Bonchev–Trinajstić information content (AvgIpc) is 2.38. The fourth-order valence-corrected chi connectivity index (χ4v) is 1.99. The van der Waals surface area contributed by atoms with E-state index in [0.717, 1.165) is 0 Å². The number of allylic oxidation sites excluding steroid dienone is 2. The molecule has 0 amide bonds. The number of nitrogens with zero attached hydrogens (tertiary/aromatic N) is 1. The third-order valence-corrected chi connectivity index (χ3v) is 2.67. The summed E-state index contributed by atoms with van der Waals surface area (Å²) in [7, 11) is 1.80. The number of hydrogen-bond acceptors (Lipinski definition) is 4. The second-order valence-electron chi connectivity index (χ2n) is 3.66. The molecule has 0 aromatic carbocycles. The van der Waals surface area contributed by atoms with Crippen LogP contribution in [0.4, 0.5) is 0 Å². The van der Waals surface area contributed by atoms with Gasteiger partial charge < -0.3 is 10.0 Å². The largest absolute Gasteiger partial charge is 0.386 e. The minimum Gasteiger partial charge on any atom is -0.386 e. The Kier molecular flexibility index (Phi) is 1.82. The van der Waals surface area contributed by atoms with Crippen LogP contribution in [0, 0.1) is 0 Å². The molecule has 14 heavy (non-hydrogen) atoms. The molecule has 2 rings (SSSR count). The van der Waals surface area contributed by atoms with Crippen molar-refractivity contribution < 1.29 is 14.7 Å². The van der Waals surface area contributed by atoms with Gasteiger partial charge in [-0.05, 0) is 13.0 Å². The van der Waals surface area contributed by atoms with E-state index < -0.39 is 17.7 Å². The van der Waals surface area contributed by atoms with Crippen LogP contribution in [0.5, 0.6) is 0 Å². The van der Waals surface area contributed by atoms with Crippen molar-refractivity contribution in [2.45, 2.75) is 13.0 Å². The van der Waals surface area contributed by atoms with Crippen LogP contribution in [-0.2, 0) is 9.59 Å². The van der Waals surface area contributed by atoms with E-state index in [1.807, 2.05) is 0 Å². The molecule has 4 heteroatoms. The van der Waals surface area contributed by atoms with Crippen molar-refractivity contribution in [2.75, 3.05) is 13.6 Å². The molecule has 1 heterocycles. The summed E-state index contributed by atoms with van der Waals surface area (Å²) < 4.78 is 0. The molecule has 0 spiro atoms. The highest BCUT2D eigenvalue weighted by atomic mass is 16.3. The smallest absolute Gasteiger partial charge is 0.230 e. The van der Waals surface area contributed by atoms with Crippen molar-refractivity contribution in [3.05, 3.63) is 22.9 Å². The molecular weight excluding hydrogens is 182 g/mol. The van der Waals surface area contributed by atoms with Gasteiger partial charge in [0.25, 0.3) is 0 Å². The van der Waals surface area contributed by atoms with Gasteiger partial charge in [0.15, 0.2) is 0 Å². The summed E-state index contributed by atoms with van der Waals surface area (Å²) in [5.41, 5.74) is 1.73. The maximum Gasteiger partial charge on any atom is 0.230 e. The molecule has 1 saturated heterocycles. The van der Waals surface area contributed by atoms with Crippen LogP contribution in [0.1, 0.15) is 6.92 Å². The number of carbonyl (C=O) groups is 2. The number of aliphatic hydroxyl groups excluding tert-OH is 1. The first-order chi connectivity index (χ1) is 6.52. The first-order valence-corrected chi connectivity index (χ1v) is 4.43. The Morgan fingerprint density at radius 3 is 2.79 bits per heavy atom. The third-order valence-electron chi connectivity index (χ3n) is 2.67. The lowest BCUT2D eigenvalue weighted by Gasteiger charge is -2.17. The maximum atomic E-state index is 11.4. The Morgan fingerprint density at radius 1 is 1.50 bits per heavy atom. The molecule has 1 unspecified atom stereocenters. The minimum absolute atomic E-state index is 0.437. The van der Waals surface area contributed by atoms with Crippen molar-refractivity contribution in [3.63, 3.8) is 0 Å². The molecule has 2 aliphatic rings. The lowest BCUT2D eigenvalue weighted by Crippen LogP contribution is -2.23. The number of likely N-dealkylation sites (tertiary alicyclic amines) is 1. The molecule has 4 nitrogen and oxygen atoms in total. The second kappa shape index (κ2) is 2.78. The SMILES string of the molecule is CC1=C2C(=CC(=O)C1=O)C(O)CN2C. The van der Waals surface area contributed by atoms with E-state index in [4.69, 9.17) is 0 Å². The fraction of sp³-hybridized carbons (Fsp3) is 0.400. The first-order valence-electron chi connectivity index (χ1n) is 4.43. The zero-order valence-electron chi connectivity index (χ0n) is 8.07. The van der Waals surface area contributed by atoms with Crippen LogP contribution in [0.25, 0.3) is 0 Å². The lowest BCUT2D eigenvalue weighted by molar-refractivity contribution is -0.131. The van der Waals surface area contributed by atoms with Gasteiger partial charge in [0.05, 0.1) is 6.10 Å². The second-order valence-corrected chi connectivity index (χ2v) is 3.66. The summed E-state index contributed by atoms with van der Waals surface area (Å²) in [5, 5.41) is 9.61. The summed E-state index contributed by atoms with van der Waals surface area (Å²) in [6.45, 7) is 2.07. The van der Waals surface area contributed by atoms with Crippen LogP contribution in [0.15, 0.2) is 22.9 Å². The van der Waals surface area contributed by atoms with Gasteiger partial charge in [-0.2, -0.15) is 0 Å². The predicted octanol–water partition coefficient (Wildman–Crippen LogP) is -0.355. The highest BCUT2D eigenvalue weighted by molar-refractivity contribution is 6.48. The number of hydrogen-bond donors (Lipinski definition) is 1. The first kappa shape index (κ1) is 9.15. The molecule has 1 aliphatic heterocycles. The van der Waals surface area contributed by atoms with E-state index in [-0.39, 0.29) is 0 Å². The number of Topliss-reactive ketones (excluding diaryl/α,β-unsaturated/α-hetero) is 1. The van der Waals surface area contributed by atoms with E-state index >= 15 is 0 Å². The Balaban J connectivity index is 2.58. The van der Waals surface area contributed by atoms with Crippen molar-refractivity contribution >= 4 is 11.6 Å². The Hall–Kier alpha value is -1.42. The number of aliphatic hydroxyl groups is 1. The number of carbonyl (C=O) groups excluding carboxylic acids is 2. The molecule has 0 saturated carbocycles. The van der Waals surface area contributed by atoms with E-state index in [2.05, 4.69) is 0 Å². The summed E-state index contributed by atoms with van der Waals surface area (Å²) in [6, 6.07) is 0. The third kappa shape index (κ3) is 1.04. The van der Waals surface area contributed by atoms with Crippen molar-refractivity contribution in [3.8, 4) is 0 Å². The Morgan fingerprint density at radius 2 is 2.14 bits per heavy atom. The summed E-state index contributed by atoms with van der Waals surface area (Å²) in [6.07, 6.45) is 0.598. The number of ketones is 2. The molecule has 1 atom stereocenters. The van der Waals surface area contributed by atoms with E-state index in [0.29, 0.717) is 23.4 Å². The van der Waals surface area contributed by atoms with Gasteiger partial charge in [-0.25, -0.2) is 0 Å². The van der Waals surface area contributed by atoms with Gasteiger partial charge in [-0.1, -0.05) is 0 Å². The van der Waals surface area contributed by atoms with Gasteiger partial charge in [-0.15, -0.1) is 0 Å². The van der Waals surface area contributed by atoms with Crippen molar-refractivity contribution in [1.29, 1.82) is 0 Å². The van der Waals surface area contributed by atoms with Crippen molar-refractivity contribution in [1.82, 2.24) is 4.90 Å². The molecule has 0 bridgehead atoms. The van der Waals surface area contributed by atoms with Crippen LogP contribution in [0.2, 0.25) is 0 Å². The van der Waals surface area contributed by atoms with E-state index in [1.54, 1.807) is 18.9 Å². The van der Waals surface area contributed by atoms with Crippen LogP contribution < -0.4 is 0 Å². The number of fused-ring (bicyclic) bond motifs is 1. The fourth-order valence-electron chi connectivity index (χ4n) is 1.99. The number of β-amino-alcohol motifs (C(OH)–C–C–N with tert-alkyl or cyclic N) is 1. The van der Waals surface area contributed by atoms with Gasteiger partial charge in [0.2, 0.25) is 11.6 Å². The van der Waals surface area contributed by atoms with Gasteiger partial charge in [0, 0.05) is 30.4 Å². The monoisotopic (exact) mass is 193 g/mol. The molecule has 1 aliphatic carbocycles. The van der Waals surface area contributed by atoms with E-state index in [9.17, 15) is 14.7 Å². The topological polar surface area (TPSA) is 57.6 Å². The van der Waals surface area contributed by atoms with Gasteiger partial charge in [0.1, 0.15) is 0 Å². The normalized spacial score (nSPS) is 26.9. The molecule has 74 valence electrons. The summed E-state index contributed by atoms with van der Waals surface area (Å²) in [4.78, 5) is 24.4. The molecule has 0 aromatic rings. The number of rotatable bonds is 0. The standard InChI is InChI=1S/C10H11NO3/c1-5-9-6(3-7(12)10(5)14)8(13)4-11(9)2/h3,8,13H,4H2,1-2H3. The quantitative estimate of drug-likeness (QED) is 0.422. The zero-order chi connectivity index (χ0) is 10.5. The molecule has 0 radical (unpaired) electrons. The summed E-state index contributed by atoms with van der Waals surface area (Å²) >= 11 is 0. The summed E-state index contributed by atoms with van der Waals surface area (Å²) in [5.74, 6) is -1.000. The maximum absolute atomic E-state index is 11.4. The zero-order valence-corrected chi connectivity index (χ0v) is 8.07. The van der Waals surface area contributed by atoms with Gasteiger partial charge >= 0.3 is 0 Å². The highest BCUT2D eigenvalue weighted by Crippen LogP contribution is 2.32. The number of likely N-dealkylation sites (N-methyl/N-ethyl adjacent to an activating group) is 1. The molecule has 1 fully saturated rings. The molecule has 0 aromatic heterocycles. The van der Waals surface area contributed by atoms with Crippen molar-refractivity contribution in [2.24, 2.45) is 0 Å². The van der Waals surface area contributed by atoms with Crippen LogP contribution in [-0.4, -0.2) is 41.3 Å². The average molecular weight is 193 g/mol. The molecule has 1 N–H and O–H groups in total. The molecular formula is C10H11NO3. The van der Waals surface area contributed by atoms with E-state index in [1.165, 1.54) is 6.08 Å². The Labute approximate surface area is 81.5 Å². The van der Waals surface area contributed by atoms with Gasteiger partial charge in [-0.3, -0.25) is 9.59 Å². The Bertz CT molecular complexity index is 392.